The Hall–Kier alpha value is -6.31. The molecular formula is C45H31N3O. The first-order valence-electron chi connectivity index (χ1n) is 16.5. The molecule has 0 unspecified atom stereocenters. The molecule has 0 fully saturated rings. The molecule has 0 N–H and O–H groups in total. The Bertz CT molecular complexity index is 2470. The second-order valence-electron chi connectivity index (χ2n) is 13.0. The van der Waals surface area contributed by atoms with Crippen LogP contribution >= 0.6 is 0 Å². The molecule has 9 rings (SSSR count). The van der Waals surface area contributed by atoms with Crippen LogP contribution < -0.4 is 4.74 Å². The van der Waals surface area contributed by atoms with Crippen LogP contribution in [0.15, 0.2) is 133 Å². The molecule has 1 aliphatic carbocycles. The van der Waals surface area contributed by atoms with Crippen LogP contribution in [0, 0.1) is 32.1 Å². The number of ether oxygens (including phenoxy) is 1. The minimum absolute atomic E-state index is 0.642. The van der Waals surface area contributed by atoms with Gasteiger partial charge in [0.05, 0.1) is 17.0 Å². The molecule has 0 saturated carbocycles. The molecule has 1 aliphatic heterocycles. The van der Waals surface area contributed by atoms with E-state index in [4.69, 9.17) is 14.7 Å². The quantitative estimate of drug-likeness (QED) is 0.195. The van der Waals surface area contributed by atoms with Crippen molar-refractivity contribution in [3.05, 3.63) is 178 Å². The lowest BCUT2D eigenvalue weighted by atomic mass is 9.65. The van der Waals surface area contributed by atoms with Gasteiger partial charge in [0.15, 0.2) is 5.82 Å². The van der Waals surface area contributed by atoms with Gasteiger partial charge in [0.1, 0.15) is 11.5 Å². The van der Waals surface area contributed by atoms with Crippen LogP contribution in [0.3, 0.4) is 0 Å². The monoisotopic (exact) mass is 629 g/mol. The van der Waals surface area contributed by atoms with Crippen molar-refractivity contribution < 1.29 is 4.74 Å². The Labute approximate surface area is 286 Å². The Morgan fingerprint density at radius 1 is 0.510 bits per heavy atom. The summed E-state index contributed by atoms with van der Waals surface area (Å²) in [6.45, 7) is 6.15. The molecule has 232 valence electrons. The van der Waals surface area contributed by atoms with E-state index in [0.717, 1.165) is 84.3 Å². The van der Waals surface area contributed by atoms with Gasteiger partial charge in [0, 0.05) is 28.1 Å². The summed E-state index contributed by atoms with van der Waals surface area (Å²) >= 11 is 0. The Kier molecular flexibility index (Phi) is 6.41. The molecule has 4 nitrogen and oxygen atoms in total. The van der Waals surface area contributed by atoms with Crippen molar-refractivity contribution in [2.75, 3.05) is 0 Å². The van der Waals surface area contributed by atoms with Crippen molar-refractivity contribution in [3.8, 4) is 62.3 Å². The number of hydrogen-bond donors (Lipinski definition) is 0. The minimum atomic E-state index is -0.644. The molecular weight excluding hydrogens is 599 g/mol. The summed E-state index contributed by atoms with van der Waals surface area (Å²) in [6.07, 6.45) is 0. The van der Waals surface area contributed by atoms with Gasteiger partial charge in [-0.15, -0.1) is 0 Å². The van der Waals surface area contributed by atoms with Crippen molar-refractivity contribution in [3.63, 3.8) is 0 Å². The second kappa shape index (κ2) is 10.9. The van der Waals surface area contributed by atoms with E-state index in [9.17, 15) is 5.26 Å². The molecule has 4 heteroatoms. The highest BCUT2D eigenvalue weighted by Crippen LogP contribution is 2.62. The number of fused-ring (bicyclic) bond motifs is 9. The van der Waals surface area contributed by atoms with Crippen molar-refractivity contribution in [2.45, 2.75) is 26.2 Å². The summed E-state index contributed by atoms with van der Waals surface area (Å²) in [5.74, 6) is 2.41. The summed E-state index contributed by atoms with van der Waals surface area (Å²) in [5.41, 5.74) is 15.4. The molecule has 7 aromatic rings. The Morgan fingerprint density at radius 2 is 1.02 bits per heavy atom. The van der Waals surface area contributed by atoms with E-state index in [-0.39, 0.29) is 0 Å². The summed E-state index contributed by atoms with van der Waals surface area (Å²) in [7, 11) is 0. The van der Waals surface area contributed by atoms with E-state index in [0.29, 0.717) is 5.56 Å². The lowest BCUT2D eigenvalue weighted by molar-refractivity contribution is 0.436. The second-order valence-corrected chi connectivity index (χ2v) is 13.0. The van der Waals surface area contributed by atoms with Crippen molar-refractivity contribution >= 4 is 0 Å². The number of aromatic nitrogens is 2. The average Bonchev–Trinajstić information content (AvgIpc) is 3.43. The van der Waals surface area contributed by atoms with Crippen LogP contribution in [0.5, 0.6) is 11.5 Å². The summed E-state index contributed by atoms with van der Waals surface area (Å²) in [5, 5.41) is 10.0. The van der Waals surface area contributed by atoms with Gasteiger partial charge in [0.2, 0.25) is 0 Å². The van der Waals surface area contributed by atoms with E-state index in [1.807, 2.05) is 44.2 Å². The van der Waals surface area contributed by atoms with E-state index in [1.165, 1.54) is 11.1 Å². The first-order chi connectivity index (χ1) is 23.9. The fourth-order valence-electron chi connectivity index (χ4n) is 7.77. The van der Waals surface area contributed by atoms with Crippen LogP contribution in [0.25, 0.3) is 44.8 Å². The molecule has 6 aromatic carbocycles. The predicted molar refractivity (Wildman–Crippen MR) is 195 cm³/mol. The molecule has 1 spiro atoms. The number of benzene rings is 6. The largest absolute Gasteiger partial charge is 0.457 e. The van der Waals surface area contributed by atoms with Crippen LogP contribution in [0.4, 0.5) is 0 Å². The molecule has 0 radical (unpaired) electrons. The van der Waals surface area contributed by atoms with Crippen molar-refractivity contribution in [1.29, 1.82) is 5.26 Å². The maximum absolute atomic E-state index is 10.0. The van der Waals surface area contributed by atoms with Gasteiger partial charge < -0.3 is 4.74 Å². The average molecular weight is 630 g/mol. The zero-order chi connectivity index (χ0) is 33.3. The number of nitrogens with zero attached hydrogens (tertiary/aromatic N) is 3. The fraction of sp³-hybridized carbons (Fsp3) is 0.0889. The maximum Gasteiger partial charge on any atom is 0.159 e. The number of rotatable bonds is 3. The SMILES string of the molecule is Cc1nc(-c2cccc(-c3cccc(-c4ccc5c(c4)C4(c6ccccc6Oc6ccccc64)c4cc(C#N)ccc4-5)c3)c2)nc(C)c1C. The molecule has 0 atom stereocenters. The number of hydrogen-bond acceptors (Lipinski definition) is 4. The van der Waals surface area contributed by atoms with E-state index < -0.39 is 5.41 Å². The molecule has 2 aliphatic rings. The predicted octanol–water partition coefficient (Wildman–Crippen LogP) is 10.7. The number of nitriles is 1. The van der Waals surface area contributed by atoms with Crippen LogP contribution in [-0.4, -0.2) is 9.97 Å². The summed E-state index contributed by atoms with van der Waals surface area (Å²) in [4.78, 5) is 9.60. The first-order valence-corrected chi connectivity index (χ1v) is 16.5. The lowest BCUT2D eigenvalue weighted by Crippen LogP contribution is -2.32. The lowest BCUT2D eigenvalue weighted by Gasteiger charge is -2.39. The highest BCUT2D eigenvalue weighted by molar-refractivity contribution is 5.91. The standard InChI is InChI=1S/C45H31N3O/c1-27-28(2)47-44(48-29(27)3)35-13-9-12-33(24-35)31-10-8-11-32(23-31)34-19-21-37-36-20-18-30(26-46)22-40(36)45(41(37)25-34)38-14-4-6-16-42(38)49-43-17-7-5-15-39(43)45/h4-25H,1-3H3. The van der Waals surface area contributed by atoms with Crippen LogP contribution in [0.1, 0.15) is 44.8 Å². The van der Waals surface area contributed by atoms with Crippen LogP contribution in [-0.2, 0) is 5.41 Å². The van der Waals surface area contributed by atoms with Crippen molar-refractivity contribution in [2.24, 2.45) is 0 Å². The third kappa shape index (κ3) is 4.29. The number of para-hydroxylation sites is 2. The molecule has 1 aromatic heterocycles. The van der Waals surface area contributed by atoms with Gasteiger partial charge in [-0.3, -0.25) is 0 Å². The van der Waals surface area contributed by atoms with Gasteiger partial charge in [-0.1, -0.05) is 91.0 Å². The smallest absolute Gasteiger partial charge is 0.159 e. The molecule has 49 heavy (non-hydrogen) atoms. The highest BCUT2D eigenvalue weighted by atomic mass is 16.5. The maximum atomic E-state index is 10.0. The molecule has 2 heterocycles. The topological polar surface area (TPSA) is 58.8 Å². The van der Waals surface area contributed by atoms with Gasteiger partial charge in [0.25, 0.3) is 0 Å². The minimum Gasteiger partial charge on any atom is -0.457 e. The third-order valence-corrected chi connectivity index (χ3v) is 10.4. The Balaban J connectivity index is 1.22. The summed E-state index contributed by atoms with van der Waals surface area (Å²) < 4.78 is 6.52. The Morgan fingerprint density at radius 3 is 1.63 bits per heavy atom. The zero-order valence-corrected chi connectivity index (χ0v) is 27.5. The van der Waals surface area contributed by atoms with Gasteiger partial charge >= 0.3 is 0 Å². The highest BCUT2D eigenvalue weighted by Gasteiger charge is 2.51. The van der Waals surface area contributed by atoms with E-state index >= 15 is 0 Å². The van der Waals surface area contributed by atoms with Gasteiger partial charge in [-0.2, -0.15) is 5.26 Å². The van der Waals surface area contributed by atoms with Gasteiger partial charge in [-0.05, 0) is 113 Å². The normalized spacial score (nSPS) is 13.1. The zero-order valence-electron chi connectivity index (χ0n) is 27.5. The van der Waals surface area contributed by atoms with Crippen molar-refractivity contribution in [1.82, 2.24) is 9.97 Å². The molecule has 0 bridgehead atoms. The van der Waals surface area contributed by atoms with Crippen LogP contribution in [0.2, 0.25) is 0 Å². The third-order valence-electron chi connectivity index (χ3n) is 10.4. The number of aryl methyl sites for hydroxylation is 2. The van der Waals surface area contributed by atoms with Gasteiger partial charge in [-0.25, -0.2) is 9.97 Å². The summed E-state index contributed by atoms with van der Waals surface area (Å²) in [6, 6.07) is 49.2. The van der Waals surface area contributed by atoms with E-state index in [2.05, 4.69) is 116 Å². The molecule has 0 amide bonds. The molecule has 0 saturated heterocycles. The first kappa shape index (κ1) is 28.9. The van der Waals surface area contributed by atoms with E-state index in [1.54, 1.807) is 0 Å². The fourth-order valence-corrected chi connectivity index (χ4v) is 7.77.